The Hall–Kier alpha value is -1.92. The first kappa shape index (κ1) is 13.7. The molecule has 1 aliphatic rings. The average Bonchev–Trinajstić information content (AvgIpc) is 3.16. The normalized spacial score (nSPS) is 18.0. The number of aromatic nitrogens is 2. The highest BCUT2D eigenvalue weighted by atomic mass is 79.9. The van der Waals surface area contributed by atoms with E-state index >= 15 is 0 Å². The first-order valence-electron chi connectivity index (χ1n) is 7.05. The summed E-state index contributed by atoms with van der Waals surface area (Å²) >= 11 is 3.35. The Kier molecular flexibility index (Phi) is 3.56. The van der Waals surface area contributed by atoms with E-state index in [1.807, 2.05) is 30.3 Å². The van der Waals surface area contributed by atoms with Gasteiger partial charge in [0.2, 0.25) is 5.89 Å². The standard InChI is InChI=1S/C16H13BrN2O3/c17-15-7-10(3-5-18-15)16-19-13-8-11(1-2-14(13)22-16)21-12-4-6-20-9-12/h1-3,5,7-8,12H,4,6,9H2/t12-/m0/s1. The smallest absolute Gasteiger partial charge is 0.227 e. The number of nitrogens with zero attached hydrogens (tertiary/aromatic N) is 2. The van der Waals surface area contributed by atoms with Gasteiger partial charge in [0.15, 0.2) is 5.58 Å². The number of hydrogen-bond acceptors (Lipinski definition) is 5. The van der Waals surface area contributed by atoms with Crippen LogP contribution in [0, 0.1) is 0 Å². The van der Waals surface area contributed by atoms with E-state index in [1.54, 1.807) is 6.20 Å². The largest absolute Gasteiger partial charge is 0.488 e. The molecule has 0 aliphatic carbocycles. The molecule has 0 spiro atoms. The molecule has 1 saturated heterocycles. The fraction of sp³-hybridized carbons (Fsp3) is 0.250. The molecule has 0 N–H and O–H groups in total. The van der Waals surface area contributed by atoms with Gasteiger partial charge in [0.1, 0.15) is 22.0 Å². The van der Waals surface area contributed by atoms with Crippen LogP contribution in [0.15, 0.2) is 45.5 Å². The quantitative estimate of drug-likeness (QED) is 0.664. The van der Waals surface area contributed by atoms with Gasteiger partial charge in [-0.3, -0.25) is 0 Å². The lowest BCUT2D eigenvalue weighted by molar-refractivity contribution is 0.141. The van der Waals surface area contributed by atoms with Crippen molar-refractivity contribution in [1.82, 2.24) is 9.97 Å². The van der Waals surface area contributed by atoms with Gasteiger partial charge < -0.3 is 13.9 Å². The van der Waals surface area contributed by atoms with Crippen LogP contribution < -0.4 is 4.74 Å². The number of halogens is 1. The summed E-state index contributed by atoms with van der Waals surface area (Å²) in [5.74, 6) is 1.36. The summed E-state index contributed by atoms with van der Waals surface area (Å²) in [5, 5.41) is 0. The number of fused-ring (bicyclic) bond motifs is 1. The molecule has 0 unspecified atom stereocenters. The highest BCUT2D eigenvalue weighted by molar-refractivity contribution is 9.10. The molecular formula is C16H13BrN2O3. The van der Waals surface area contributed by atoms with Gasteiger partial charge in [-0.2, -0.15) is 0 Å². The molecule has 22 heavy (non-hydrogen) atoms. The van der Waals surface area contributed by atoms with Crippen molar-refractivity contribution in [2.45, 2.75) is 12.5 Å². The van der Waals surface area contributed by atoms with Crippen LogP contribution in [0.1, 0.15) is 6.42 Å². The maximum Gasteiger partial charge on any atom is 0.227 e. The minimum atomic E-state index is 0.125. The van der Waals surface area contributed by atoms with E-state index in [4.69, 9.17) is 13.9 Å². The van der Waals surface area contributed by atoms with Gasteiger partial charge in [0.05, 0.1) is 13.2 Å². The zero-order valence-corrected chi connectivity index (χ0v) is 13.2. The molecule has 0 amide bonds. The van der Waals surface area contributed by atoms with Gasteiger partial charge in [-0.1, -0.05) is 0 Å². The van der Waals surface area contributed by atoms with Gasteiger partial charge >= 0.3 is 0 Å². The molecule has 4 rings (SSSR count). The molecule has 1 fully saturated rings. The van der Waals surface area contributed by atoms with E-state index < -0.39 is 0 Å². The van der Waals surface area contributed by atoms with Crippen molar-refractivity contribution in [2.75, 3.05) is 13.2 Å². The molecule has 112 valence electrons. The zero-order chi connectivity index (χ0) is 14.9. The van der Waals surface area contributed by atoms with E-state index in [0.717, 1.165) is 40.0 Å². The van der Waals surface area contributed by atoms with Crippen LogP contribution in [-0.4, -0.2) is 29.3 Å². The summed E-state index contributed by atoms with van der Waals surface area (Å²) in [4.78, 5) is 8.64. The van der Waals surface area contributed by atoms with E-state index in [9.17, 15) is 0 Å². The third-order valence-electron chi connectivity index (χ3n) is 3.52. The predicted octanol–water partition coefficient (Wildman–Crippen LogP) is 3.82. The minimum Gasteiger partial charge on any atom is -0.488 e. The molecule has 0 radical (unpaired) electrons. The highest BCUT2D eigenvalue weighted by Crippen LogP contribution is 2.28. The molecule has 6 heteroatoms. The second-order valence-electron chi connectivity index (χ2n) is 5.12. The first-order valence-corrected chi connectivity index (χ1v) is 7.84. The van der Waals surface area contributed by atoms with Crippen molar-refractivity contribution in [2.24, 2.45) is 0 Å². The number of ether oxygens (including phenoxy) is 2. The molecular weight excluding hydrogens is 348 g/mol. The van der Waals surface area contributed by atoms with Crippen LogP contribution >= 0.6 is 15.9 Å². The van der Waals surface area contributed by atoms with Crippen molar-refractivity contribution in [3.8, 4) is 17.2 Å². The zero-order valence-electron chi connectivity index (χ0n) is 11.7. The molecule has 1 atom stereocenters. The summed E-state index contributed by atoms with van der Waals surface area (Å²) in [6.07, 6.45) is 2.76. The Morgan fingerprint density at radius 3 is 3.00 bits per heavy atom. The number of benzene rings is 1. The van der Waals surface area contributed by atoms with Gasteiger partial charge in [0.25, 0.3) is 0 Å². The topological polar surface area (TPSA) is 57.4 Å². The van der Waals surface area contributed by atoms with E-state index in [0.29, 0.717) is 12.5 Å². The van der Waals surface area contributed by atoms with Gasteiger partial charge in [0, 0.05) is 24.2 Å². The fourth-order valence-electron chi connectivity index (χ4n) is 2.44. The monoisotopic (exact) mass is 360 g/mol. The van der Waals surface area contributed by atoms with Crippen molar-refractivity contribution < 1.29 is 13.9 Å². The van der Waals surface area contributed by atoms with E-state index in [-0.39, 0.29) is 6.10 Å². The van der Waals surface area contributed by atoms with Gasteiger partial charge in [-0.15, -0.1) is 0 Å². The third kappa shape index (κ3) is 2.71. The van der Waals surface area contributed by atoms with Crippen molar-refractivity contribution in [1.29, 1.82) is 0 Å². The van der Waals surface area contributed by atoms with E-state index in [2.05, 4.69) is 25.9 Å². The summed E-state index contributed by atoms with van der Waals surface area (Å²) in [5.41, 5.74) is 2.39. The van der Waals surface area contributed by atoms with E-state index in [1.165, 1.54) is 0 Å². The second kappa shape index (κ2) is 5.70. The number of pyridine rings is 1. The van der Waals surface area contributed by atoms with Crippen molar-refractivity contribution >= 4 is 27.0 Å². The molecule has 3 aromatic rings. The summed E-state index contributed by atoms with van der Waals surface area (Å²) in [6.45, 7) is 1.41. The second-order valence-corrected chi connectivity index (χ2v) is 5.93. The average molecular weight is 361 g/mol. The van der Waals surface area contributed by atoms with Crippen molar-refractivity contribution in [3.63, 3.8) is 0 Å². The fourth-order valence-corrected chi connectivity index (χ4v) is 2.80. The first-order chi connectivity index (χ1) is 10.8. The van der Waals surface area contributed by atoms with Crippen LogP contribution in [0.3, 0.4) is 0 Å². The SMILES string of the molecule is Brc1cc(-c2nc3cc(O[C@H]4CCOC4)ccc3o2)ccn1. The summed E-state index contributed by atoms with van der Waals surface area (Å²) < 4.78 is 17.8. The van der Waals surface area contributed by atoms with Crippen LogP contribution in [0.5, 0.6) is 5.75 Å². The van der Waals surface area contributed by atoms with Crippen LogP contribution in [0.2, 0.25) is 0 Å². The summed E-state index contributed by atoms with van der Waals surface area (Å²) in [6, 6.07) is 9.42. The third-order valence-corrected chi connectivity index (χ3v) is 3.96. The lowest BCUT2D eigenvalue weighted by Gasteiger charge is -2.10. The van der Waals surface area contributed by atoms with Crippen molar-refractivity contribution in [3.05, 3.63) is 41.1 Å². The molecule has 1 aromatic carbocycles. The number of oxazole rings is 1. The Morgan fingerprint density at radius 2 is 2.18 bits per heavy atom. The van der Waals surface area contributed by atoms with Crippen LogP contribution in [0.4, 0.5) is 0 Å². The summed E-state index contributed by atoms with van der Waals surface area (Å²) in [7, 11) is 0. The molecule has 2 aromatic heterocycles. The Morgan fingerprint density at radius 1 is 1.23 bits per heavy atom. The minimum absolute atomic E-state index is 0.125. The molecule has 5 nitrogen and oxygen atoms in total. The number of hydrogen-bond donors (Lipinski definition) is 0. The van der Waals surface area contributed by atoms with Crippen LogP contribution in [0.25, 0.3) is 22.6 Å². The maximum atomic E-state index is 5.89. The maximum absolute atomic E-state index is 5.89. The van der Waals surface area contributed by atoms with Gasteiger partial charge in [-0.05, 0) is 40.2 Å². The van der Waals surface area contributed by atoms with Crippen LogP contribution in [-0.2, 0) is 4.74 Å². The molecule has 0 saturated carbocycles. The predicted molar refractivity (Wildman–Crippen MR) is 84.8 cm³/mol. The molecule has 3 heterocycles. The molecule has 1 aliphatic heterocycles. The Balaban J connectivity index is 1.65. The molecule has 0 bridgehead atoms. The van der Waals surface area contributed by atoms with Gasteiger partial charge in [-0.25, -0.2) is 9.97 Å². The Labute approximate surface area is 135 Å². The lowest BCUT2D eigenvalue weighted by atomic mass is 10.3. The highest BCUT2D eigenvalue weighted by Gasteiger charge is 2.18. The lowest BCUT2D eigenvalue weighted by Crippen LogP contribution is -2.15. The number of rotatable bonds is 3. The Bertz CT molecular complexity index is 812.